The molecule has 162 valence electrons. The number of amides is 1. The molecule has 0 N–H and O–H groups in total. The van der Waals surface area contributed by atoms with Crippen molar-refractivity contribution in [3.8, 4) is 10.4 Å². The Balaban J connectivity index is 1.29. The number of rotatable bonds is 5. The van der Waals surface area contributed by atoms with Crippen molar-refractivity contribution < 1.29 is 9.59 Å². The molecule has 0 saturated carbocycles. The predicted octanol–water partition coefficient (Wildman–Crippen LogP) is 4.31. The fraction of sp³-hybridized carbons (Fsp3) is 0.250. The molecule has 6 nitrogen and oxygen atoms in total. The Kier molecular flexibility index (Phi) is 5.71. The number of carbonyl (C=O) groups is 2. The van der Waals surface area contributed by atoms with E-state index in [4.69, 9.17) is 0 Å². The Hall–Kier alpha value is -3.10. The van der Waals surface area contributed by atoms with Gasteiger partial charge in [0.2, 0.25) is 5.91 Å². The van der Waals surface area contributed by atoms with Crippen LogP contribution in [0.25, 0.3) is 20.7 Å². The van der Waals surface area contributed by atoms with Gasteiger partial charge in [0, 0.05) is 40.4 Å². The van der Waals surface area contributed by atoms with Gasteiger partial charge in [-0.15, -0.1) is 22.7 Å². The van der Waals surface area contributed by atoms with Gasteiger partial charge in [-0.3, -0.25) is 19.0 Å². The zero-order chi connectivity index (χ0) is 22.1. The van der Waals surface area contributed by atoms with Crippen LogP contribution in [-0.2, 0) is 11.3 Å². The monoisotopic (exact) mass is 463 g/mol. The molecular weight excluding hydrogens is 442 g/mol. The van der Waals surface area contributed by atoms with Crippen LogP contribution in [0.5, 0.6) is 0 Å². The first-order valence-electron chi connectivity index (χ1n) is 10.5. The van der Waals surface area contributed by atoms with Gasteiger partial charge in [0.15, 0.2) is 5.78 Å². The number of likely N-dealkylation sites (tertiary alicyclic amines) is 1. The summed E-state index contributed by atoms with van der Waals surface area (Å²) in [5, 5.41) is 4.49. The summed E-state index contributed by atoms with van der Waals surface area (Å²) < 4.78 is 1.40. The molecule has 1 aliphatic rings. The first-order chi connectivity index (χ1) is 15.6. The number of Topliss-reactive ketones (excluding diaryl/α,β-unsaturated/α-hetero) is 1. The van der Waals surface area contributed by atoms with Crippen LogP contribution in [-0.4, -0.2) is 39.2 Å². The highest BCUT2D eigenvalue weighted by Crippen LogP contribution is 2.33. The molecule has 0 aliphatic carbocycles. The second-order valence-corrected chi connectivity index (χ2v) is 9.68. The molecule has 1 aliphatic heterocycles. The van der Waals surface area contributed by atoms with Crippen molar-refractivity contribution in [1.29, 1.82) is 0 Å². The molecule has 32 heavy (non-hydrogen) atoms. The van der Waals surface area contributed by atoms with Crippen molar-refractivity contribution in [3.63, 3.8) is 0 Å². The fourth-order valence-corrected chi connectivity index (χ4v) is 5.89. The molecule has 5 rings (SSSR count). The highest BCUT2D eigenvalue weighted by Gasteiger charge is 2.28. The van der Waals surface area contributed by atoms with E-state index in [1.54, 1.807) is 16.2 Å². The smallest absolute Gasteiger partial charge is 0.263 e. The third kappa shape index (κ3) is 3.91. The maximum Gasteiger partial charge on any atom is 0.263 e. The molecule has 4 aromatic rings. The summed E-state index contributed by atoms with van der Waals surface area (Å²) in [7, 11) is 0. The van der Waals surface area contributed by atoms with Gasteiger partial charge in [0.25, 0.3) is 5.56 Å². The fourth-order valence-electron chi connectivity index (χ4n) is 4.17. The van der Waals surface area contributed by atoms with E-state index >= 15 is 0 Å². The Morgan fingerprint density at radius 1 is 1.03 bits per heavy atom. The Morgan fingerprint density at radius 3 is 2.53 bits per heavy atom. The van der Waals surface area contributed by atoms with Crippen LogP contribution in [0.1, 0.15) is 23.2 Å². The molecular formula is C24H21N3O3S2. The third-order valence-electron chi connectivity index (χ3n) is 5.93. The van der Waals surface area contributed by atoms with Gasteiger partial charge < -0.3 is 4.90 Å². The summed E-state index contributed by atoms with van der Waals surface area (Å²) in [5.41, 5.74) is 1.40. The number of nitrogens with zero attached hydrogens (tertiary/aromatic N) is 3. The lowest BCUT2D eigenvalue weighted by Crippen LogP contribution is -2.42. The van der Waals surface area contributed by atoms with Gasteiger partial charge >= 0.3 is 0 Å². The van der Waals surface area contributed by atoms with E-state index in [2.05, 4.69) is 4.98 Å². The molecule has 1 fully saturated rings. The van der Waals surface area contributed by atoms with Crippen molar-refractivity contribution >= 4 is 44.6 Å². The summed E-state index contributed by atoms with van der Waals surface area (Å²) >= 11 is 3.01. The molecule has 0 spiro atoms. The van der Waals surface area contributed by atoms with Crippen molar-refractivity contribution in [1.82, 2.24) is 14.5 Å². The van der Waals surface area contributed by atoms with E-state index in [9.17, 15) is 14.4 Å². The SMILES string of the molecule is O=C(c1ccccc1)C1CCN(C(=O)Cn2cnc3scc(-c4cccs4)c3c2=O)CC1. The van der Waals surface area contributed by atoms with Crippen LogP contribution in [0.4, 0.5) is 0 Å². The minimum atomic E-state index is -0.192. The molecule has 1 amide bonds. The van der Waals surface area contributed by atoms with Crippen molar-refractivity contribution in [2.45, 2.75) is 19.4 Å². The summed E-state index contributed by atoms with van der Waals surface area (Å²) in [4.78, 5) is 46.6. The van der Waals surface area contributed by atoms with Crippen LogP contribution in [0.3, 0.4) is 0 Å². The Bertz CT molecular complexity index is 1320. The van der Waals surface area contributed by atoms with Crippen LogP contribution in [0.15, 0.2) is 64.3 Å². The van der Waals surface area contributed by atoms with Gasteiger partial charge in [0.1, 0.15) is 11.4 Å². The highest BCUT2D eigenvalue weighted by atomic mass is 32.1. The molecule has 1 aromatic carbocycles. The molecule has 3 aromatic heterocycles. The van der Waals surface area contributed by atoms with Crippen LogP contribution < -0.4 is 5.56 Å². The number of ketones is 1. The second-order valence-electron chi connectivity index (χ2n) is 7.87. The van der Waals surface area contributed by atoms with Crippen molar-refractivity contribution in [2.75, 3.05) is 13.1 Å². The molecule has 1 saturated heterocycles. The molecule has 0 atom stereocenters. The number of fused-ring (bicyclic) bond motifs is 1. The summed E-state index contributed by atoms with van der Waals surface area (Å²) in [6, 6.07) is 13.2. The zero-order valence-electron chi connectivity index (χ0n) is 17.3. The van der Waals surface area contributed by atoms with E-state index in [0.717, 1.165) is 16.0 Å². The molecule has 0 radical (unpaired) electrons. The number of thiophene rings is 2. The standard InChI is InChI=1S/C24H21N3O3S2/c28-20(26-10-8-17(9-11-26)22(29)16-5-2-1-3-6-16)13-27-15-25-23-21(24(27)30)18(14-32-23)19-7-4-12-31-19/h1-7,12,14-15,17H,8-11,13H2. The average molecular weight is 464 g/mol. The minimum absolute atomic E-state index is 0.0429. The number of hydrogen-bond acceptors (Lipinski definition) is 6. The molecule has 0 unspecified atom stereocenters. The maximum atomic E-state index is 13.1. The Labute approximate surface area is 192 Å². The molecule has 0 bridgehead atoms. The lowest BCUT2D eigenvalue weighted by atomic mass is 9.89. The quantitative estimate of drug-likeness (QED) is 0.414. The summed E-state index contributed by atoms with van der Waals surface area (Å²) in [6.45, 7) is 0.996. The van der Waals surface area contributed by atoms with Crippen LogP contribution in [0, 0.1) is 5.92 Å². The third-order valence-corrected chi connectivity index (χ3v) is 7.72. The largest absolute Gasteiger partial charge is 0.341 e. The molecule has 8 heteroatoms. The van der Waals surface area contributed by atoms with E-state index in [0.29, 0.717) is 36.1 Å². The van der Waals surface area contributed by atoms with Gasteiger partial charge in [0.05, 0.1) is 11.7 Å². The lowest BCUT2D eigenvalue weighted by molar-refractivity contribution is -0.133. The van der Waals surface area contributed by atoms with Gasteiger partial charge in [-0.2, -0.15) is 0 Å². The van der Waals surface area contributed by atoms with Crippen molar-refractivity contribution in [3.05, 3.63) is 75.5 Å². The number of piperidine rings is 1. The van der Waals surface area contributed by atoms with Crippen molar-refractivity contribution in [2.24, 2.45) is 5.92 Å². The number of hydrogen-bond donors (Lipinski definition) is 0. The van der Waals surface area contributed by atoms with Crippen LogP contribution in [0.2, 0.25) is 0 Å². The highest BCUT2D eigenvalue weighted by molar-refractivity contribution is 7.18. The first-order valence-corrected chi connectivity index (χ1v) is 12.3. The van der Waals surface area contributed by atoms with E-state index < -0.39 is 0 Å². The van der Waals surface area contributed by atoms with Gasteiger partial charge in [-0.25, -0.2) is 4.98 Å². The van der Waals surface area contributed by atoms with Gasteiger partial charge in [-0.05, 0) is 24.3 Å². The zero-order valence-corrected chi connectivity index (χ0v) is 18.9. The number of carbonyl (C=O) groups excluding carboxylic acids is 2. The summed E-state index contributed by atoms with van der Waals surface area (Å²) in [5.74, 6) is -0.0461. The van der Waals surface area contributed by atoms with Gasteiger partial charge in [-0.1, -0.05) is 36.4 Å². The predicted molar refractivity (Wildman–Crippen MR) is 127 cm³/mol. The minimum Gasteiger partial charge on any atom is -0.341 e. The normalized spacial score (nSPS) is 14.7. The maximum absolute atomic E-state index is 13.1. The van der Waals surface area contributed by atoms with Crippen LogP contribution >= 0.6 is 22.7 Å². The number of aromatic nitrogens is 2. The second kappa shape index (κ2) is 8.80. The summed E-state index contributed by atoms with van der Waals surface area (Å²) in [6.07, 6.45) is 2.74. The van der Waals surface area contributed by atoms with E-state index in [1.807, 2.05) is 53.2 Å². The first kappa shape index (κ1) is 20.8. The lowest BCUT2D eigenvalue weighted by Gasteiger charge is -2.31. The van der Waals surface area contributed by atoms with E-state index in [-0.39, 0.29) is 29.7 Å². The Morgan fingerprint density at radius 2 is 1.81 bits per heavy atom. The topological polar surface area (TPSA) is 72.3 Å². The number of benzene rings is 1. The van der Waals surface area contributed by atoms with E-state index in [1.165, 1.54) is 22.2 Å². The average Bonchev–Trinajstić information content (AvgIpc) is 3.51. The molecule has 4 heterocycles.